The molecule has 0 bridgehead atoms. The third kappa shape index (κ3) is 3.27. The van der Waals surface area contributed by atoms with E-state index in [9.17, 15) is 4.39 Å². The molecule has 0 amide bonds. The maximum atomic E-state index is 13.2. The summed E-state index contributed by atoms with van der Waals surface area (Å²) in [7, 11) is 0. The van der Waals surface area contributed by atoms with Crippen LogP contribution in [-0.2, 0) is 6.61 Å². The van der Waals surface area contributed by atoms with E-state index in [-0.39, 0.29) is 5.82 Å². The van der Waals surface area contributed by atoms with Crippen molar-refractivity contribution in [1.82, 2.24) is 0 Å². The van der Waals surface area contributed by atoms with Crippen molar-refractivity contribution in [2.24, 2.45) is 0 Å². The summed E-state index contributed by atoms with van der Waals surface area (Å²) in [4.78, 5) is 2.31. The first-order valence-electron chi connectivity index (χ1n) is 7.24. The number of benzene rings is 2. The Morgan fingerprint density at radius 2 is 1.90 bits per heavy atom. The summed E-state index contributed by atoms with van der Waals surface area (Å²) < 4.78 is 19.1. The molecule has 0 aliphatic carbocycles. The minimum Gasteiger partial charge on any atom is -0.487 e. The summed E-state index contributed by atoms with van der Waals surface area (Å²) in [5, 5.41) is 0. The molecular weight excluding hydrogens is 267 g/mol. The highest BCUT2D eigenvalue weighted by atomic mass is 19.1. The van der Waals surface area contributed by atoms with Crippen molar-refractivity contribution >= 4 is 11.4 Å². The van der Waals surface area contributed by atoms with Gasteiger partial charge in [-0.15, -0.1) is 0 Å². The van der Waals surface area contributed by atoms with E-state index in [4.69, 9.17) is 10.5 Å². The number of rotatable bonds is 4. The van der Waals surface area contributed by atoms with Gasteiger partial charge in [-0.1, -0.05) is 12.1 Å². The summed E-state index contributed by atoms with van der Waals surface area (Å²) >= 11 is 0. The minimum atomic E-state index is -0.247. The summed E-state index contributed by atoms with van der Waals surface area (Å²) in [6, 6.07) is 12.2. The smallest absolute Gasteiger partial charge is 0.145 e. The number of nitrogens with zero attached hydrogens (tertiary/aromatic N) is 1. The quantitative estimate of drug-likeness (QED) is 0.873. The van der Waals surface area contributed by atoms with Gasteiger partial charge in [0.25, 0.3) is 0 Å². The average Bonchev–Trinajstić information content (AvgIpc) is 2.99. The van der Waals surface area contributed by atoms with Gasteiger partial charge < -0.3 is 15.4 Å². The molecule has 3 rings (SSSR count). The second-order valence-corrected chi connectivity index (χ2v) is 5.34. The molecule has 1 aliphatic rings. The van der Waals surface area contributed by atoms with Gasteiger partial charge in [0.15, 0.2) is 0 Å². The monoisotopic (exact) mass is 286 g/mol. The number of nitrogen functional groups attached to an aromatic ring is 1. The van der Waals surface area contributed by atoms with E-state index in [0.29, 0.717) is 12.3 Å². The van der Waals surface area contributed by atoms with Crippen LogP contribution in [0.3, 0.4) is 0 Å². The molecule has 21 heavy (non-hydrogen) atoms. The van der Waals surface area contributed by atoms with Gasteiger partial charge in [-0.25, -0.2) is 4.39 Å². The highest BCUT2D eigenvalue weighted by Gasteiger charge is 2.16. The van der Waals surface area contributed by atoms with Crippen molar-refractivity contribution in [3.8, 4) is 5.75 Å². The fraction of sp³-hybridized carbons (Fsp3) is 0.294. The molecule has 2 aromatic rings. The van der Waals surface area contributed by atoms with Gasteiger partial charge in [-0.05, 0) is 42.7 Å². The normalized spacial score (nSPS) is 14.4. The van der Waals surface area contributed by atoms with Crippen LogP contribution >= 0.6 is 0 Å². The van der Waals surface area contributed by atoms with Crippen molar-refractivity contribution in [1.29, 1.82) is 0 Å². The number of anilines is 2. The van der Waals surface area contributed by atoms with E-state index in [1.807, 2.05) is 24.3 Å². The van der Waals surface area contributed by atoms with Crippen molar-refractivity contribution in [3.63, 3.8) is 0 Å². The molecule has 4 heteroatoms. The third-order valence-corrected chi connectivity index (χ3v) is 3.71. The zero-order valence-corrected chi connectivity index (χ0v) is 11.9. The number of nitrogens with two attached hydrogens (primary N) is 1. The fourth-order valence-electron chi connectivity index (χ4n) is 2.65. The van der Waals surface area contributed by atoms with E-state index < -0.39 is 0 Å². The molecule has 0 saturated carbocycles. The summed E-state index contributed by atoms with van der Waals surface area (Å²) in [6.45, 7) is 2.42. The lowest BCUT2D eigenvalue weighted by molar-refractivity contribution is 0.306. The van der Waals surface area contributed by atoms with Gasteiger partial charge in [-0.2, -0.15) is 0 Å². The summed E-state index contributed by atoms with van der Waals surface area (Å²) in [6.07, 6.45) is 2.40. The molecule has 0 unspecified atom stereocenters. The molecule has 1 fully saturated rings. The van der Waals surface area contributed by atoms with Gasteiger partial charge >= 0.3 is 0 Å². The molecule has 0 atom stereocenters. The summed E-state index contributed by atoms with van der Waals surface area (Å²) in [5.74, 6) is 0.518. The second-order valence-electron chi connectivity index (χ2n) is 5.34. The van der Waals surface area contributed by atoms with Crippen molar-refractivity contribution in [3.05, 3.63) is 53.8 Å². The van der Waals surface area contributed by atoms with Crippen LogP contribution in [0.1, 0.15) is 18.4 Å². The SMILES string of the molecule is Nc1ccc(N2CCCC2)c(OCc2cccc(F)c2)c1. The van der Waals surface area contributed by atoms with Crippen LogP contribution in [0.2, 0.25) is 0 Å². The highest BCUT2D eigenvalue weighted by Crippen LogP contribution is 2.33. The average molecular weight is 286 g/mol. The van der Waals surface area contributed by atoms with Crippen molar-refractivity contribution in [2.75, 3.05) is 23.7 Å². The molecule has 0 radical (unpaired) electrons. The maximum Gasteiger partial charge on any atom is 0.145 e. The topological polar surface area (TPSA) is 38.5 Å². The molecule has 3 nitrogen and oxygen atoms in total. The van der Waals surface area contributed by atoms with E-state index in [1.54, 1.807) is 6.07 Å². The Balaban J connectivity index is 1.78. The lowest BCUT2D eigenvalue weighted by atomic mass is 10.2. The zero-order chi connectivity index (χ0) is 14.7. The third-order valence-electron chi connectivity index (χ3n) is 3.71. The lowest BCUT2D eigenvalue weighted by Crippen LogP contribution is -2.18. The molecule has 110 valence electrons. The highest BCUT2D eigenvalue weighted by molar-refractivity contribution is 5.64. The van der Waals surface area contributed by atoms with Crippen LogP contribution in [0.5, 0.6) is 5.75 Å². The van der Waals surface area contributed by atoms with Crippen LogP contribution in [0.4, 0.5) is 15.8 Å². The van der Waals surface area contributed by atoms with Crippen molar-refractivity contribution in [2.45, 2.75) is 19.4 Å². The Morgan fingerprint density at radius 3 is 2.67 bits per heavy atom. The first-order valence-corrected chi connectivity index (χ1v) is 7.24. The number of hydrogen-bond donors (Lipinski definition) is 1. The van der Waals surface area contributed by atoms with E-state index in [2.05, 4.69) is 4.90 Å². The van der Waals surface area contributed by atoms with Crippen LogP contribution in [0.15, 0.2) is 42.5 Å². The molecular formula is C17H19FN2O. The fourth-order valence-corrected chi connectivity index (χ4v) is 2.65. The first kappa shape index (κ1) is 13.7. The molecule has 2 N–H and O–H groups in total. The standard InChI is InChI=1S/C17H19FN2O/c18-14-5-3-4-13(10-14)12-21-17-11-15(19)6-7-16(17)20-8-1-2-9-20/h3-7,10-11H,1-2,8-9,12,19H2. The van der Waals surface area contributed by atoms with Crippen LogP contribution in [0.25, 0.3) is 0 Å². The van der Waals surface area contributed by atoms with Gasteiger partial charge in [0.1, 0.15) is 18.2 Å². The van der Waals surface area contributed by atoms with Crippen LogP contribution in [-0.4, -0.2) is 13.1 Å². The Bertz CT molecular complexity index is 624. The maximum absolute atomic E-state index is 13.2. The number of halogens is 1. The van der Waals surface area contributed by atoms with Gasteiger partial charge in [0.05, 0.1) is 5.69 Å². The Kier molecular flexibility index (Phi) is 3.95. The largest absolute Gasteiger partial charge is 0.487 e. The van der Waals surface area contributed by atoms with E-state index in [1.165, 1.54) is 25.0 Å². The number of hydrogen-bond acceptors (Lipinski definition) is 3. The zero-order valence-electron chi connectivity index (χ0n) is 11.9. The molecule has 1 saturated heterocycles. The van der Waals surface area contributed by atoms with Crippen LogP contribution < -0.4 is 15.4 Å². The Morgan fingerprint density at radius 1 is 1.10 bits per heavy atom. The predicted molar refractivity (Wildman–Crippen MR) is 83.0 cm³/mol. The Hall–Kier alpha value is -2.23. The first-order chi connectivity index (χ1) is 10.2. The summed E-state index contributed by atoms with van der Waals surface area (Å²) in [5.41, 5.74) is 8.41. The van der Waals surface area contributed by atoms with Gasteiger partial charge in [0, 0.05) is 24.8 Å². The van der Waals surface area contributed by atoms with Crippen molar-refractivity contribution < 1.29 is 9.13 Å². The second kappa shape index (κ2) is 6.04. The molecule has 0 spiro atoms. The minimum absolute atomic E-state index is 0.247. The van der Waals surface area contributed by atoms with Crippen LogP contribution in [0, 0.1) is 5.82 Å². The van der Waals surface area contributed by atoms with Gasteiger partial charge in [0.2, 0.25) is 0 Å². The Labute approximate surface area is 124 Å². The molecule has 2 aromatic carbocycles. The number of ether oxygens (including phenoxy) is 1. The molecule has 1 heterocycles. The van der Waals surface area contributed by atoms with Gasteiger partial charge in [-0.3, -0.25) is 0 Å². The predicted octanol–water partition coefficient (Wildman–Crippen LogP) is 3.59. The molecule has 0 aromatic heterocycles. The molecule has 1 aliphatic heterocycles. The van der Waals surface area contributed by atoms with E-state index >= 15 is 0 Å². The van der Waals surface area contributed by atoms with E-state index in [0.717, 1.165) is 30.1 Å². The lowest BCUT2D eigenvalue weighted by Gasteiger charge is -2.21.